The first kappa shape index (κ1) is 11.2. The van der Waals surface area contributed by atoms with Crippen LogP contribution in [-0.2, 0) is 4.79 Å². The molecule has 1 rings (SSSR count). The van der Waals surface area contributed by atoms with Gasteiger partial charge in [0.15, 0.2) is 0 Å². The first-order chi connectivity index (χ1) is 5.70. The summed E-state index contributed by atoms with van der Waals surface area (Å²) in [6, 6.07) is 0. The highest BCUT2D eigenvalue weighted by Gasteiger charge is 2.11. The van der Waals surface area contributed by atoms with E-state index in [0.29, 0.717) is 12.3 Å². The maximum absolute atomic E-state index is 11.0. The SMILES string of the molecule is CC.CC1C=CN(C)C(=O)CC1. The number of amides is 1. The van der Waals surface area contributed by atoms with Crippen LogP contribution in [0, 0.1) is 5.92 Å². The number of carbonyl (C=O) groups is 1. The van der Waals surface area contributed by atoms with Gasteiger partial charge in [-0.3, -0.25) is 4.79 Å². The fourth-order valence-electron chi connectivity index (χ4n) is 0.983. The van der Waals surface area contributed by atoms with Gasteiger partial charge in [-0.05, 0) is 12.3 Å². The highest BCUT2D eigenvalue weighted by atomic mass is 16.2. The normalized spacial score (nSPS) is 22.8. The van der Waals surface area contributed by atoms with E-state index in [4.69, 9.17) is 0 Å². The minimum absolute atomic E-state index is 0.223. The Morgan fingerprint density at radius 1 is 1.50 bits per heavy atom. The van der Waals surface area contributed by atoms with E-state index >= 15 is 0 Å². The molecule has 2 nitrogen and oxygen atoms in total. The number of carbonyl (C=O) groups excluding carboxylic acids is 1. The number of hydrogen-bond donors (Lipinski definition) is 0. The van der Waals surface area contributed by atoms with Crippen LogP contribution in [-0.4, -0.2) is 17.9 Å². The Kier molecular flexibility index (Phi) is 5.43. The molecular formula is C10H19NO. The Balaban J connectivity index is 0.000000561. The molecule has 0 spiro atoms. The van der Waals surface area contributed by atoms with Crippen LogP contribution in [0.1, 0.15) is 33.6 Å². The minimum Gasteiger partial charge on any atom is -0.322 e. The van der Waals surface area contributed by atoms with Gasteiger partial charge >= 0.3 is 0 Å². The lowest BCUT2D eigenvalue weighted by Gasteiger charge is -2.07. The molecule has 0 aliphatic carbocycles. The summed E-state index contributed by atoms with van der Waals surface area (Å²) in [6.45, 7) is 6.13. The highest BCUT2D eigenvalue weighted by Crippen LogP contribution is 2.12. The maximum atomic E-state index is 11.0. The summed E-state index contributed by atoms with van der Waals surface area (Å²) in [5.41, 5.74) is 0. The van der Waals surface area contributed by atoms with Crippen molar-refractivity contribution in [1.82, 2.24) is 4.90 Å². The zero-order valence-corrected chi connectivity index (χ0v) is 8.50. The monoisotopic (exact) mass is 169 g/mol. The summed E-state index contributed by atoms with van der Waals surface area (Å²) in [5.74, 6) is 0.773. The van der Waals surface area contributed by atoms with Crippen LogP contribution in [0.4, 0.5) is 0 Å². The molecule has 0 aromatic carbocycles. The lowest BCUT2D eigenvalue weighted by molar-refractivity contribution is -0.127. The van der Waals surface area contributed by atoms with E-state index in [1.807, 2.05) is 20.0 Å². The molecule has 0 aromatic rings. The van der Waals surface area contributed by atoms with E-state index in [1.165, 1.54) is 0 Å². The van der Waals surface area contributed by atoms with E-state index in [2.05, 4.69) is 13.0 Å². The third kappa shape index (κ3) is 3.56. The van der Waals surface area contributed by atoms with Crippen LogP contribution in [0.2, 0.25) is 0 Å². The van der Waals surface area contributed by atoms with E-state index in [0.717, 1.165) is 6.42 Å². The van der Waals surface area contributed by atoms with E-state index in [-0.39, 0.29) is 5.91 Å². The van der Waals surface area contributed by atoms with Gasteiger partial charge in [0.25, 0.3) is 0 Å². The molecule has 0 radical (unpaired) electrons. The molecule has 1 unspecified atom stereocenters. The third-order valence-electron chi connectivity index (χ3n) is 1.85. The lowest BCUT2D eigenvalue weighted by Crippen LogP contribution is -2.18. The van der Waals surface area contributed by atoms with Gasteiger partial charge in [0.05, 0.1) is 0 Å². The van der Waals surface area contributed by atoms with Crippen molar-refractivity contribution >= 4 is 5.91 Å². The van der Waals surface area contributed by atoms with Crippen LogP contribution in [0.3, 0.4) is 0 Å². The fraction of sp³-hybridized carbons (Fsp3) is 0.700. The largest absolute Gasteiger partial charge is 0.322 e. The summed E-state index contributed by atoms with van der Waals surface area (Å²) < 4.78 is 0. The van der Waals surface area contributed by atoms with Crippen molar-refractivity contribution in [3.63, 3.8) is 0 Å². The summed E-state index contributed by atoms with van der Waals surface area (Å²) in [6.07, 6.45) is 5.61. The molecule has 12 heavy (non-hydrogen) atoms. The molecular weight excluding hydrogens is 150 g/mol. The summed E-state index contributed by atoms with van der Waals surface area (Å²) in [5, 5.41) is 0. The van der Waals surface area contributed by atoms with E-state index in [1.54, 1.807) is 11.9 Å². The summed E-state index contributed by atoms with van der Waals surface area (Å²) in [7, 11) is 1.80. The Labute approximate surface area is 75.3 Å². The van der Waals surface area contributed by atoms with Gasteiger partial charge in [-0.15, -0.1) is 0 Å². The van der Waals surface area contributed by atoms with Gasteiger partial charge in [0, 0.05) is 19.7 Å². The van der Waals surface area contributed by atoms with Gasteiger partial charge in [-0.1, -0.05) is 26.8 Å². The molecule has 1 aliphatic rings. The second-order valence-electron chi connectivity index (χ2n) is 2.86. The fourth-order valence-corrected chi connectivity index (χ4v) is 0.983. The van der Waals surface area contributed by atoms with Crippen LogP contribution in [0.5, 0.6) is 0 Å². The van der Waals surface area contributed by atoms with Crippen LogP contribution in [0.25, 0.3) is 0 Å². The minimum atomic E-state index is 0.223. The molecule has 70 valence electrons. The van der Waals surface area contributed by atoms with Crippen LogP contribution < -0.4 is 0 Å². The number of rotatable bonds is 0. The molecule has 1 heterocycles. The first-order valence-corrected chi connectivity index (χ1v) is 4.64. The average molecular weight is 169 g/mol. The van der Waals surface area contributed by atoms with Crippen molar-refractivity contribution < 1.29 is 4.79 Å². The quantitative estimate of drug-likeness (QED) is 0.545. The van der Waals surface area contributed by atoms with Crippen molar-refractivity contribution in [3.05, 3.63) is 12.3 Å². The van der Waals surface area contributed by atoms with Gasteiger partial charge in [0.1, 0.15) is 0 Å². The van der Waals surface area contributed by atoms with Crippen molar-refractivity contribution in [2.45, 2.75) is 33.6 Å². The van der Waals surface area contributed by atoms with Gasteiger partial charge < -0.3 is 4.90 Å². The van der Waals surface area contributed by atoms with Gasteiger partial charge in [-0.25, -0.2) is 0 Å². The average Bonchev–Trinajstić information content (AvgIpc) is 2.24. The lowest BCUT2D eigenvalue weighted by atomic mass is 10.1. The van der Waals surface area contributed by atoms with Crippen molar-refractivity contribution in [1.29, 1.82) is 0 Å². The Morgan fingerprint density at radius 2 is 2.08 bits per heavy atom. The highest BCUT2D eigenvalue weighted by molar-refractivity contribution is 5.77. The van der Waals surface area contributed by atoms with Gasteiger partial charge in [0.2, 0.25) is 5.91 Å². The molecule has 0 saturated heterocycles. The predicted octanol–water partition coefficient (Wildman–Crippen LogP) is 2.41. The Hall–Kier alpha value is -0.790. The smallest absolute Gasteiger partial charge is 0.226 e. The topological polar surface area (TPSA) is 20.3 Å². The van der Waals surface area contributed by atoms with Crippen molar-refractivity contribution in [3.8, 4) is 0 Å². The number of allylic oxidation sites excluding steroid dienone is 1. The predicted molar refractivity (Wildman–Crippen MR) is 51.7 cm³/mol. The third-order valence-corrected chi connectivity index (χ3v) is 1.85. The Bertz CT molecular complexity index is 163. The molecule has 0 bridgehead atoms. The van der Waals surface area contributed by atoms with Crippen molar-refractivity contribution in [2.24, 2.45) is 5.92 Å². The van der Waals surface area contributed by atoms with E-state index < -0.39 is 0 Å². The maximum Gasteiger partial charge on any atom is 0.226 e. The molecule has 2 heteroatoms. The second-order valence-corrected chi connectivity index (χ2v) is 2.86. The molecule has 0 fully saturated rings. The standard InChI is InChI=1S/C8H13NO.C2H6/c1-7-3-4-8(10)9(2)6-5-7;1-2/h5-7H,3-4H2,1-2H3;1-2H3. The Morgan fingerprint density at radius 3 is 2.67 bits per heavy atom. The number of nitrogens with zero attached hydrogens (tertiary/aromatic N) is 1. The molecule has 1 atom stereocenters. The summed E-state index contributed by atoms with van der Waals surface area (Å²) >= 11 is 0. The number of hydrogen-bond acceptors (Lipinski definition) is 1. The molecule has 1 aliphatic heterocycles. The first-order valence-electron chi connectivity index (χ1n) is 4.64. The van der Waals surface area contributed by atoms with Crippen LogP contribution >= 0.6 is 0 Å². The zero-order chi connectivity index (χ0) is 9.56. The molecule has 0 saturated carbocycles. The molecule has 1 amide bonds. The molecule has 0 aromatic heterocycles. The molecule has 0 N–H and O–H groups in total. The second kappa shape index (κ2) is 5.81. The summed E-state index contributed by atoms with van der Waals surface area (Å²) in [4.78, 5) is 12.7. The van der Waals surface area contributed by atoms with Crippen LogP contribution in [0.15, 0.2) is 12.3 Å². The van der Waals surface area contributed by atoms with Gasteiger partial charge in [-0.2, -0.15) is 0 Å². The van der Waals surface area contributed by atoms with Crippen molar-refractivity contribution in [2.75, 3.05) is 7.05 Å². The van der Waals surface area contributed by atoms with E-state index in [9.17, 15) is 4.79 Å². The zero-order valence-electron chi connectivity index (χ0n) is 8.50.